The molecule has 20 heavy (non-hydrogen) atoms. The van der Waals surface area contributed by atoms with Crippen molar-refractivity contribution >= 4 is 11.6 Å². The second kappa shape index (κ2) is 6.31. The maximum Gasteiger partial charge on any atom is 0.213 e. The Morgan fingerprint density at radius 2 is 2.10 bits per heavy atom. The highest BCUT2D eigenvalue weighted by Crippen LogP contribution is 2.29. The molecule has 1 aromatic rings. The maximum absolute atomic E-state index is 6.21. The second-order valence-electron chi connectivity index (χ2n) is 6.19. The average Bonchev–Trinajstić information content (AvgIpc) is 3.26. The van der Waals surface area contributed by atoms with Crippen molar-refractivity contribution in [3.8, 4) is 5.88 Å². The van der Waals surface area contributed by atoms with Crippen molar-refractivity contribution in [2.45, 2.75) is 64.1 Å². The van der Waals surface area contributed by atoms with Gasteiger partial charge in [-0.25, -0.2) is 4.98 Å². The molecule has 2 unspecified atom stereocenters. The van der Waals surface area contributed by atoms with Gasteiger partial charge in [-0.05, 0) is 43.6 Å². The Morgan fingerprint density at radius 1 is 1.30 bits per heavy atom. The molecule has 0 saturated heterocycles. The van der Waals surface area contributed by atoms with Crippen molar-refractivity contribution in [3.63, 3.8) is 0 Å². The van der Waals surface area contributed by atoms with Crippen molar-refractivity contribution in [3.05, 3.63) is 22.8 Å². The molecular formula is C16H23ClN2O. The summed E-state index contributed by atoms with van der Waals surface area (Å²) in [7, 11) is 0. The molecule has 0 amide bonds. The smallest absolute Gasteiger partial charge is 0.213 e. The lowest BCUT2D eigenvalue weighted by Crippen LogP contribution is -2.28. The third-order valence-electron chi connectivity index (χ3n) is 4.37. The molecule has 2 fully saturated rings. The van der Waals surface area contributed by atoms with E-state index in [9.17, 15) is 0 Å². The summed E-state index contributed by atoms with van der Waals surface area (Å²) in [6.45, 7) is 3.08. The monoisotopic (exact) mass is 294 g/mol. The SMILES string of the molecule is CC1CCCCC1Oc1cc(CNC2CC2)c(Cl)cn1. The van der Waals surface area contributed by atoms with Crippen LogP contribution in [0.3, 0.4) is 0 Å². The average molecular weight is 295 g/mol. The fourth-order valence-electron chi connectivity index (χ4n) is 2.81. The zero-order valence-electron chi connectivity index (χ0n) is 12.1. The third kappa shape index (κ3) is 3.64. The minimum Gasteiger partial charge on any atom is -0.474 e. The highest BCUT2D eigenvalue weighted by atomic mass is 35.5. The number of ether oxygens (including phenoxy) is 1. The molecule has 1 N–H and O–H groups in total. The summed E-state index contributed by atoms with van der Waals surface area (Å²) in [5.41, 5.74) is 1.09. The van der Waals surface area contributed by atoms with Gasteiger partial charge in [0.15, 0.2) is 0 Å². The van der Waals surface area contributed by atoms with Crippen molar-refractivity contribution in [1.29, 1.82) is 0 Å². The van der Waals surface area contributed by atoms with E-state index < -0.39 is 0 Å². The fraction of sp³-hybridized carbons (Fsp3) is 0.688. The van der Waals surface area contributed by atoms with E-state index in [1.54, 1.807) is 6.20 Å². The molecule has 0 radical (unpaired) electrons. The summed E-state index contributed by atoms with van der Waals surface area (Å²) in [4.78, 5) is 4.33. The number of hydrogen-bond donors (Lipinski definition) is 1. The van der Waals surface area contributed by atoms with Crippen LogP contribution in [0, 0.1) is 5.92 Å². The molecule has 2 aliphatic carbocycles. The number of halogens is 1. The molecule has 1 heterocycles. The fourth-order valence-corrected chi connectivity index (χ4v) is 2.98. The molecular weight excluding hydrogens is 272 g/mol. The van der Waals surface area contributed by atoms with Gasteiger partial charge in [-0.15, -0.1) is 0 Å². The van der Waals surface area contributed by atoms with E-state index in [0.29, 0.717) is 18.1 Å². The van der Waals surface area contributed by atoms with E-state index in [4.69, 9.17) is 16.3 Å². The summed E-state index contributed by atoms with van der Waals surface area (Å²) in [5.74, 6) is 1.34. The van der Waals surface area contributed by atoms with Gasteiger partial charge in [0.25, 0.3) is 0 Å². The Morgan fingerprint density at radius 3 is 2.85 bits per heavy atom. The molecule has 3 nitrogen and oxygen atoms in total. The summed E-state index contributed by atoms with van der Waals surface area (Å²) in [5, 5.41) is 4.21. The van der Waals surface area contributed by atoms with E-state index in [1.165, 1.54) is 32.1 Å². The zero-order chi connectivity index (χ0) is 13.9. The molecule has 4 heteroatoms. The first-order valence-electron chi connectivity index (χ1n) is 7.77. The van der Waals surface area contributed by atoms with Crippen molar-refractivity contribution in [2.75, 3.05) is 0 Å². The Labute approximate surface area is 126 Å². The number of nitrogens with zero attached hydrogens (tertiary/aromatic N) is 1. The van der Waals surface area contributed by atoms with Crippen molar-refractivity contribution in [1.82, 2.24) is 10.3 Å². The highest BCUT2D eigenvalue weighted by Gasteiger charge is 2.24. The lowest BCUT2D eigenvalue weighted by atomic mass is 9.88. The van der Waals surface area contributed by atoms with Crippen LogP contribution < -0.4 is 10.1 Å². The van der Waals surface area contributed by atoms with E-state index >= 15 is 0 Å². The molecule has 110 valence electrons. The van der Waals surface area contributed by atoms with E-state index in [1.807, 2.05) is 6.07 Å². The van der Waals surface area contributed by atoms with Crippen molar-refractivity contribution < 1.29 is 4.74 Å². The largest absolute Gasteiger partial charge is 0.474 e. The lowest BCUT2D eigenvalue weighted by Gasteiger charge is -2.28. The molecule has 1 aromatic heterocycles. The summed E-state index contributed by atoms with van der Waals surface area (Å²) in [6, 6.07) is 2.68. The molecule has 0 bridgehead atoms. The van der Waals surface area contributed by atoms with Crippen LogP contribution in [0.4, 0.5) is 0 Å². The van der Waals surface area contributed by atoms with Crippen LogP contribution in [0.1, 0.15) is 51.0 Å². The van der Waals surface area contributed by atoms with Crippen LogP contribution in [0.25, 0.3) is 0 Å². The van der Waals surface area contributed by atoms with E-state index in [2.05, 4.69) is 17.2 Å². The number of rotatable bonds is 5. The zero-order valence-corrected chi connectivity index (χ0v) is 12.8. The molecule has 2 saturated carbocycles. The van der Waals surface area contributed by atoms with Gasteiger partial charge < -0.3 is 10.1 Å². The Bertz CT molecular complexity index is 462. The number of nitrogens with one attached hydrogen (secondary N) is 1. The van der Waals surface area contributed by atoms with Crippen LogP contribution in [-0.2, 0) is 6.54 Å². The summed E-state index contributed by atoms with van der Waals surface area (Å²) < 4.78 is 6.09. The second-order valence-corrected chi connectivity index (χ2v) is 6.59. The third-order valence-corrected chi connectivity index (χ3v) is 4.71. The number of pyridine rings is 1. The van der Waals surface area contributed by atoms with Gasteiger partial charge in [0.2, 0.25) is 5.88 Å². The maximum atomic E-state index is 6.21. The van der Waals surface area contributed by atoms with Gasteiger partial charge in [-0.1, -0.05) is 24.9 Å². The lowest BCUT2D eigenvalue weighted by molar-refractivity contribution is 0.0975. The van der Waals surface area contributed by atoms with Gasteiger partial charge in [0, 0.05) is 24.8 Å². The summed E-state index contributed by atoms with van der Waals surface area (Å²) in [6.07, 6.45) is 9.58. The summed E-state index contributed by atoms with van der Waals surface area (Å²) >= 11 is 6.21. The van der Waals surface area contributed by atoms with Gasteiger partial charge in [0.1, 0.15) is 6.10 Å². The molecule has 0 aromatic carbocycles. The van der Waals surface area contributed by atoms with Crippen LogP contribution in [0.15, 0.2) is 12.3 Å². The first-order valence-corrected chi connectivity index (χ1v) is 8.14. The standard InChI is InChI=1S/C16H23ClN2O/c1-11-4-2-3-5-15(11)20-16-8-12(14(17)10-19-16)9-18-13-6-7-13/h8,10-11,13,15,18H,2-7,9H2,1H3. The topological polar surface area (TPSA) is 34.1 Å². The predicted octanol–water partition coefficient (Wildman–Crippen LogP) is 3.94. The normalized spacial score (nSPS) is 26.5. The first-order chi connectivity index (χ1) is 9.72. The minimum absolute atomic E-state index is 0.307. The highest BCUT2D eigenvalue weighted by molar-refractivity contribution is 6.31. The number of hydrogen-bond acceptors (Lipinski definition) is 3. The Hall–Kier alpha value is -0.800. The van der Waals surface area contributed by atoms with Gasteiger partial charge >= 0.3 is 0 Å². The molecule has 2 atom stereocenters. The van der Waals surface area contributed by atoms with Gasteiger partial charge in [-0.3, -0.25) is 0 Å². The number of aromatic nitrogens is 1. The Balaban J connectivity index is 1.64. The van der Waals surface area contributed by atoms with Crippen molar-refractivity contribution in [2.24, 2.45) is 5.92 Å². The molecule has 3 rings (SSSR count). The van der Waals surface area contributed by atoms with Crippen LogP contribution >= 0.6 is 11.6 Å². The minimum atomic E-state index is 0.307. The van der Waals surface area contributed by atoms with Gasteiger partial charge in [0.05, 0.1) is 5.02 Å². The van der Waals surface area contributed by atoms with Crippen LogP contribution in [-0.4, -0.2) is 17.1 Å². The molecule has 0 aliphatic heterocycles. The molecule has 2 aliphatic rings. The van der Waals surface area contributed by atoms with Crippen LogP contribution in [0.5, 0.6) is 5.88 Å². The first kappa shape index (κ1) is 14.2. The molecule has 0 spiro atoms. The predicted molar refractivity (Wildman–Crippen MR) is 81.2 cm³/mol. The van der Waals surface area contributed by atoms with Crippen LogP contribution in [0.2, 0.25) is 5.02 Å². The van der Waals surface area contributed by atoms with E-state index in [0.717, 1.165) is 29.4 Å². The quantitative estimate of drug-likeness (QED) is 0.893. The van der Waals surface area contributed by atoms with Gasteiger partial charge in [-0.2, -0.15) is 0 Å². The Kier molecular flexibility index (Phi) is 4.47. The van der Waals surface area contributed by atoms with E-state index in [-0.39, 0.29) is 0 Å².